The molecule has 0 atom stereocenters. The summed E-state index contributed by atoms with van der Waals surface area (Å²) in [6.45, 7) is 5.52. The summed E-state index contributed by atoms with van der Waals surface area (Å²) in [7, 11) is 0. The van der Waals surface area contributed by atoms with E-state index in [2.05, 4.69) is 4.90 Å². The van der Waals surface area contributed by atoms with Gasteiger partial charge in [-0.25, -0.2) is 4.98 Å². The molecule has 0 bridgehead atoms. The first kappa shape index (κ1) is 20.6. The fourth-order valence-corrected chi connectivity index (χ4v) is 4.40. The highest BCUT2D eigenvalue weighted by Crippen LogP contribution is 2.33. The van der Waals surface area contributed by atoms with Gasteiger partial charge in [0.1, 0.15) is 13.2 Å². The van der Waals surface area contributed by atoms with E-state index in [1.54, 1.807) is 39.8 Å². The number of amides is 1. The van der Waals surface area contributed by atoms with Crippen LogP contribution in [0.5, 0.6) is 11.5 Å². The van der Waals surface area contributed by atoms with Crippen molar-refractivity contribution in [2.45, 2.75) is 13.5 Å². The van der Waals surface area contributed by atoms with Crippen molar-refractivity contribution in [3.8, 4) is 11.5 Å². The molecule has 9 heteroatoms. The van der Waals surface area contributed by atoms with Crippen molar-refractivity contribution < 1.29 is 14.3 Å². The summed E-state index contributed by atoms with van der Waals surface area (Å²) >= 11 is 6.20. The molecule has 1 saturated heterocycles. The van der Waals surface area contributed by atoms with E-state index < -0.39 is 0 Å². The predicted octanol–water partition coefficient (Wildman–Crippen LogP) is 2.80. The highest BCUT2D eigenvalue weighted by atomic mass is 35.5. The van der Waals surface area contributed by atoms with Crippen LogP contribution < -0.4 is 19.9 Å². The molecule has 2 aliphatic rings. The summed E-state index contributed by atoms with van der Waals surface area (Å²) in [6.07, 6.45) is 0. The quantitative estimate of drug-likeness (QED) is 0.605. The molecule has 2 aliphatic heterocycles. The Kier molecular flexibility index (Phi) is 5.38. The fraction of sp³-hybridized carbons (Fsp3) is 0.348. The lowest BCUT2D eigenvalue weighted by Gasteiger charge is -2.36. The molecule has 0 aliphatic carbocycles. The van der Waals surface area contributed by atoms with Crippen molar-refractivity contribution in [3.63, 3.8) is 0 Å². The van der Waals surface area contributed by atoms with Crippen LogP contribution in [0.15, 0.2) is 41.2 Å². The Hall–Kier alpha value is -3.26. The maximum absolute atomic E-state index is 13.2. The number of piperazine rings is 1. The van der Waals surface area contributed by atoms with Gasteiger partial charge in [0.25, 0.3) is 11.5 Å². The molecular weight excluding hydrogens is 432 g/mol. The highest BCUT2D eigenvalue weighted by Gasteiger charge is 2.26. The van der Waals surface area contributed by atoms with Gasteiger partial charge in [-0.2, -0.15) is 0 Å². The van der Waals surface area contributed by atoms with Gasteiger partial charge in [-0.1, -0.05) is 23.7 Å². The number of halogens is 1. The summed E-state index contributed by atoms with van der Waals surface area (Å²) in [5.74, 6) is 1.70. The second kappa shape index (κ2) is 8.35. The number of fused-ring (bicyclic) bond motifs is 2. The maximum atomic E-state index is 13.2. The van der Waals surface area contributed by atoms with Crippen LogP contribution in [0.2, 0.25) is 5.02 Å². The minimum Gasteiger partial charge on any atom is -0.486 e. The summed E-state index contributed by atoms with van der Waals surface area (Å²) in [5.41, 5.74) is 0.969. The molecule has 166 valence electrons. The number of carbonyl (C=O) groups excluding carboxylic acids is 1. The number of benzene rings is 2. The summed E-state index contributed by atoms with van der Waals surface area (Å²) in [6, 6.07) is 10.6. The summed E-state index contributed by atoms with van der Waals surface area (Å²) in [4.78, 5) is 34.8. The average Bonchev–Trinajstić information content (AvgIpc) is 2.83. The van der Waals surface area contributed by atoms with E-state index in [4.69, 9.17) is 26.1 Å². The van der Waals surface area contributed by atoms with Crippen molar-refractivity contribution in [2.24, 2.45) is 0 Å². The van der Waals surface area contributed by atoms with E-state index in [1.807, 2.05) is 13.0 Å². The van der Waals surface area contributed by atoms with Crippen LogP contribution in [0.4, 0.5) is 5.95 Å². The molecule has 0 spiro atoms. The molecule has 0 N–H and O–H groups in total. The molecule has 5 rings (SSSR count). The van der Waals surface area contributed by atoms with Crippen LogP contribution >= 0.6 is 11.6 Å². The molecular formula is C23H23ClN4O4. The van der Waals surface area contributed by atoms with E-state index in [1.165, 1.54) is 0 Å². The maximum Gasteiger partial charge on any atom is 0.262 e. The normalized spacial score (nSPS) is 15.8. The molecule has 1 amide bonds. The lowest BCUT2D eigenvalue weighted by atomic mass is 10.2. The lowest BCUT2D eigenvalue weighted by Crippen LogP contribution is -2.50. The number of anilines is 1. The van der Waals surface area contributed by atoms with Crippen LogP contribution in [0, 0.1) is 0 Å². The van der Waals surface area contributed by atoms with Gasteiger partial charge >= 0.3 is 0 Å². The Balaban J connectivity index is 1.43. The largest absolute Gasteiger partial charge is 0.486 e. The second-order valence-electron chi connectivity index (χ2n) is 7.73. The summed E-state index contributed by atoms with van der Waals surface area (Å²) in [5, 5.41) is 0.956. The van der Waals surface area contributed by atoms with Gasteiger partial charge in [0.15, 0.2) is 11.5 Å². The first-order chi connectivity index (χ1) is 15.6. The molecule has 3 heterocycles. The van der Waals surface area contributed by atoms with Crippen LogP contribution in [-0.2, 0) is 6.54 Å². The molecule has 2 aromatic carbocycles. The number of hydrogen-bond acceptors (Lipinski definition) is 6. The first-order valence-corrected chi connectivity index (χ1v) is 11.1. The third-order valence-electron chi connectivity index (χ3n) is 5.87. The average molecular weight is 455 g/mol. The van der Waals surface area contributed by atoms with Gasteiger partial charge in [0.2, 0.25) is 5.95 Å². The van der Waals surface area contributed by atoms with Crippen LogP contribution in [0.3, 0.4) is 0 Å². The Morgan fingerprint density at radius 3 is 2.44 bits per heavy atom. The first-order valence-electron chi connectivity index (χ1n) is 10.7. The molecule has 1 fully saturated rings. The monoisotopic (exact) mass is 454 g/mol. The Bertz CT molecular complexity index is 1250. The number of aromatic nitrogens is 2. The van der Waals surface area contributed by atoms with E-state index in [-0.39, 0.29) is 11.5 Å². The Morgan fingerprint density at radius 1 is 1.06 bits per heavy atom. The topological polar surface area (TPSA) is 76.9 Å². The third-order valence-corrected chi connectivity index (χ3v) is 6.20. The van der Waals surface area contributed by atoms with Gasteiger partial charge in [-0.15, -0.1) is 0 Å². The zero-order valence-electron chi connectivity index (χ0n) is 17.7. The van der Waals surface area contributed by atoms with Gasteiger partial charge in [0.05, 0.1) is 21.5 Å². The minimum absolute atomic E-state index is 0.0848. The zero-order chi connectivity index (χ0) is 22.2. The number of rotatable bonds is 3. The zero-order valence-corrected chi connectivity index (χ0v) is 18.5. The van der Waals surface area contributed by atoms with Gasteiger partial charge in [0, 0.05) is 38.8 Å². The Morgan fingerprint density at radius 2 is 1.75 bits per heavy atom. The number of ether oxygens (including phenoxy) is 2. The number of hydrogen-bond donors (Lipinski definition) is 0. The van der Waals surface area contributed by atoms with Gasteiger partial charge in [-0.3, -0.25) is 14.2 Å². The van der Waals surface area contributed by atoms with Crippen LogP contribution in [0.25, 0.3) is 10.9 Å². The molecule has 3 aromatic rings. The second-order valence-corrected chi connectivity index (χ2v) is 8.14. The van der Waals surface area contributed by atoms with E-state index in [9.17, 15) is 9.59 Å². The van der Waals surface area contributed by atoms with E-state index in [0.717, 1.165) is 0 Å². The predicted molar refractivity (Wildman–Crippen MR) is 122 cm³/mol. The van der Waals surface area contributed by atoms with Crippen molar-refractivity contribution in [1.29, 1.82) is 0 Å². The van der Waals surface area contributed by atoms with Gasteiger partial charge < -0.3 is 19.3 Å². The number of nitrogens with zero attached hydrogens (tertiary/aromatic N) is 4. The Labute approximate surface area is 189 Å². The van der Waals surface area contributed by atoms with E-state index in [0.29, 0.717) is 84.9 Å². The van der Waals surface area contributed by atoms with Crippen molar-refractivity contribution in [3.05, 3.63) is 57.3 Å². The molecule has 32 heavy (non-hydrogen) atoms. The highest BCUT2D eigenvalue weighted by molar-refractivity contribution is 6.33. The molecule has 1 aromatic heterocycles. The number of carbonyl (C=O) groups is 1. The lowest BCUT2D eigenvalue weighted by molar-refractivity contribution is 0.0746. The molecule has 0 saturated carbocycles. The molecule has 8 nitrogen and oxygen atoms in total. The van der Waals surface area contributed by atoms with Crippen LogP contribution in [-0.4, -0.2) is 59.8 Å². The fourth-order valence-electron chi connectivity index (χ4n) is 4.19. The SMILES string of the molecule is CCn1c(N2CCN(C(=O)c3ccccc3Cl)CC2)nc2cc3c(cc2c1=O)OCCO3. The summed E-state index contributed by atoms with van der Waals surface area (Å²) < 4.78 is 13.0. The minimum atomic E-state index is -0.112. The third kappa shape index (κ3) is 3.54. The smallest absolute Gasteiger partial charge is 0.262 e. The van der Waals surface area contributed by atoms with Crippen LogP contribution in [0.1, 0.15) is 17.3 Å². The van der Waals surface area contributed by atoms with Crippen molar-refractivity contribution in [2.75, 3.05) is 44.3 Å². The van der Waals surface area contributed by atoms with Crippen molar-refractivity contribution in [1.82, 2.24) is 14.5 Å². The van der Waals surface area contributed by atoms with Gasteiger partial charge in [-0.05, 0) is 25.1 Å². The van der Waals surface area contributed by atoms with E-state index >= 15 is 0 Å². The molecule has 0 radical (unpaired) electrons. The van der Waals surface area contributed by atoms with Crippen molar-refractivity contribution >= 4 is 34.4 Å². The molecule has 0 unspecified atom stereocenters. The standard InChI is InChI=1S/C23H23ClN4O4/c1-2-28-22(30)16-13-19-20(32-12-11-31-19)14-18(16)25-23(28)27-9-7-26(8-10-27)21(29)15-5-3-4-6-17(15)24/h3-6,13-14H,2,7-12H2,1H3.